The van der Waals surface area contributed by atoms with Crippen LogP contribution in [0.4, 0.5) is 0 Å². The van der Waals surface area contributed by atoms with Gasteiger partial charge in [0, 0.05) is 49.0 Å². The van der Waals surface area contributed by atoms with Gasteiger partial charge in [-0.15, -0.1) is 0 Å². The van der Waals surface area contributed by atoms with Gasteiger partial charge in [-0.3, -0.25) is 0 Å². The largest absolute Gasteiger partial charge is 0.456 e. The molecule has 8 aliphatic carbocycles. The van der Waals surface area contributed by atoms with Crippen LogP contribution in [-0.2, 0) is 21.7 Å². The highest BCUT2D eigenvalue weighted by atomic mass is 16.3. The highest BCUT2D eigenvalue weighted by Crippen LogP contribution is 2.64. The van der Waals surface area contributed by atoms with Crippen molar-refractivity contribution in [2.24, 2.45) is 5.41 Å². The summed E-state index contributed by atoms with van der Waals surface area (Å²) in [7, 11) is 0. The number of fused-ring (bicyclic) bond motifs is 28. The summed E-state index contributed by atoms with van der Waals surface area (Å²) in [6, 6.07) is 67.6. The van der Waals surface area contributed by atoms with Crippen LogP contribution in [0.3, 0.4) is 0 Å². The Morgan fingerprint density at radius 3 is 1.53 bits per heavy atom. The number of nitrogens with zero attached hydrogens (tertiary/aromatic N) is 3. The van der Waals surface area contributed by atoms with Gasteiger partial charge in [0.05, 0.1) is 33.6 Å². The van der Waals surface area contributed by atoms with Gasteiger partial charge in [-0.1, -0.05) is 197 Å². The lowest BCUT2D eigenvalue weighted by molar-refractivity contribution is 0.125. The van der Waals surface area contributed by atoms with E-state index < -0.39 is 0 Å². The number of pyridine rings is 3. The van der Waals surface area contributed by atoms with E-state index in [4.69, 9.17) is 19.4 Å². The highest BCUT2D eigenvalue weighted by Gasteiger charge is 2.57. The lowest BCUT2D eigenvalue weighted by Gasteiger charge is -2.44. The average molecular weight is 1300 g/mol. The first-order valence-electron chi connectivity index (χ1n) is 37.8. The Morgan fingerprint density at radius 2 is 0.860 bits per heavy atom. The lowest BCUT2D eigenvalue weighted by atomic mass is 9.59. The molecule has 0 radical (unpaired) electrons. The third-order valence-corrected chi connectivity index (χ3v) is 27.6. The van der Waals surface area contributed by atoms with Gasteiger partial charge in [0.1, 0.15) is 11.2 Å². The smallest absolute Gasteiger partial charge is 0.136 e. The van der Waals surface area contributed by atoms with Gasteiger partial charge in [-0.05, 0) is 284 Å². The van der Waals surface area contributed by atoms with E-state index in [1.807, 2.05) is 12.1 Å². The van der Waals surface area contributed by atoms with Crippen LogP contribution in [0, 0.1) is 19.3 Å². The van der Waals surface area contributed by atoms with Crippen molar-refractivity contribution < 1.29 is 4.42 Å². The van der Waals surface area contributed by atoms with Gasteiger partial charge in [-0.25, -0.2) is 15.0 Å². The number of hydrogen-bond donors (Lipinski definition) is 0. The first kappa shape index (κ1) is 62.0. The Morgan fingerprint density at radius 1 is 0.360 bits per heavy atom. The van der Waals surface area contributed by atoms with Crippen LogP contribution >= 0.6 is 0 Å². The van der Waals surface area contributed by atoms with Crippen LogP contribution in [0.1, 0.15) is 242 Å². The van der Waals surface area contributed by atoms with E-state index in [0.717, 1.165) is 28.1 Å². The number of benzene rings is 9. The molecule has 8 aliphatic rings. The average Bonchev–Trinajstić information content (AvgIpc) is 1.53. The van der Waals surface area contributed by atoms with E-state index in [9.17, 15) is 0 Å². The Labute approximate surface area is 591 Å². The van der Waals surface area contributed by atoms with Gasteiger partial charge in [-0.2, -0.15) is 0 Å². The third-order valence-electron chi connectivity index (χ3n) is 27.6. The molecular formula is C96H93N3O. The fourth-order valence-electron chi connectivity index (χ4n) is 21.4. The standard InChI is InChI=1S/C35H37N.C31H29N.C30H27NO/c1-33(2)27-16-14-25(20-28(27)34(3,4)35(33,5)6)32-31-24-13-12-23(18-24)30(31)26-19-22(15-17-29(26)36-32)21-10-8-7-9-11-21;1-17-13-18(2)27-26(14-17)32-30(29-20-10-9-19(15-20)28(27)29)21-11-12-23-22-7-5-6-8-24(22)31(3,4)25(23)16-21;1-30(2,3)20-11-13-24-23(16-20)27-17-8-9-18(14-17)28(27)29(31-24)19-10-12-22-21-6-4-5-7-25(21)32-26(22)15-19/h7-11,14-17,19-20,23-24H,12-13,18H2,1-6H3;5-8,11-14,16,19-20H,9-10,15H2,1-4H3;4-7,10-13,15-18H,8-9,14H2,1-3H3. The minimum absolute atomic E-state index is 0.0220. The maximum Gasteiger partial charge on any atom is 0.136 e. The molecule has 6 atom stereocenters. The first-order chi connectivity index (χ1) is 48.0. The normalized spacial score (nSPS) is 22.0. The number of aromatic nitrogens is 3. The molecule has 0 saturated heterocycles. The number of hydrogen-bond acceptors (Lipinski definition) is 4. The molecule has 100 heavy (non-hydrogen) atoms. The summed E-state index contributed by atoms with van der Waals surface area (Å²) in [6.45, 7) is 30.7. The molecule has 6 unspecified atom stereocenters. The Balaban J connectivity index is 0.000000105. The number of para-hydroxylation sites is 1. The minimum atomic E-state index is 0.0220. The van der Waals surface area contributed by atoms with Gasteiger partial charge in [0.15, 0.2) is 0 Å². The molecule has 0 aliphatic heterocycles. The molecule has 4 nitrogen and oxygen atoms in total. The SMILES string of the molecule is CC(C)(C)c1ccc2nc(-c3ccc4c(c3)oc3ccccc34)c3c(c2c1)C1CCC3C1.CC1(C)c2ccc(-c3nc4ccc(-c5ccccc5)cc4c4c3C3CCC4C3)cc2C(C)(C)C1(C)C.Cc1cc(C)c2c3c(c(-c4ccc5c(c4)C(C)(C)c4ccccc4-5)nc2c1)C1CCC3C1. The zero-order chi connectivity index (χ0) is 68.4. The Hall–Kier alpha value is -8.99. The van der Waals surface area contributed by atoms with E-state index in [1.165, 1.54) is 191 Å². The Bertz CT molecular complexity index is 5650. The van der Waals surface area contributed by atoms with Crippen molar-refractivity contribution in [3.8, 4) is 56.0 Å². The van der Waals surface area contributed by atoms with Crippen LogP contribution in [-0.4, -0.2) is 15.0 Å². The first-order valence-corrected chi connectivity index (χ1v) is 37.8. The number of furan rings is 1. The number of rotatable bonds is 4. The molecule has 21 rings (SSSR count). The van der Waals surface area contributed by atoms with E-state index in [1.54, 1.807) is 27.8 Å². The lowest BCUT2D eigenvalue weighted by Crippen LogP contribution is -2.42. The molecule has 13 aromatic rings. The summed E-state index contributed by atoms with van der Waals surface area (Å²) in [5, 5.41) is 6.56. The second kappa shape index (κ2) is 21.8. The van der Waals surface area contributed by atoms with Crippen molar-refractivity contribution >= 4 is 54.6 Å². The van der Waals surface area contributed by atoms with Crippen molar-refractivity contribution in [2.45, 2.75) is 205 Å². The second-order valence-electron chi connectivity index (χ2n) is 34.9. The van der Waals surface area contributed by atoms with E-state index in [2.05, 4.69) is 260 Å². The second-order valence-corrected chi connectivity index (χ2v) is 34.9. The van der Waals surface area contributed by atoms with E-state index in [-0.39, 0.29) is 27.1 Å². The van der Waals surface area contributed by atoms with Crippen LogP contribution in [0.5, 0.6) is 0 Å². The Kier molecular flexibility index (Phi) is 13.5. The molecule has 4 heterocycles. The summed E-state index contributed by atoms with van der Waals surface area (Å²) < 4.78 is 6.21. The third kappa shape index (κ3) is 8.98. The van der Waals surface area contributed by atoms with Crippen LogP contribution in [0.15, 0.2) is 186 Å². The predicted molar refractivity (Wildman–Crippen MR) is 418 cm³/mol. The van der Waals surface area contributed by atoms with Gasteiger partial charge in [0.2, 0.25) is 0 Å². The quantitative estimate of drug-likeness (QED) is 0.176. The van der Waals surface area contributed by atoms with Crippen molar-refractivity contribution in [2.75, 3.05) is 0 Å². The minimum Gasteiger partial charge on any atom is -0.456 e. The molecule has 9 aromatic carbocycles. The van der Waals surface area contributed by atoms with Crippen molar-refractivity contribution in [3.05, 3.63) is 254 Å². The molecule has 6 bridgehead atoms. The zero-order valence-electron chi connectivity index (χ0n) is 60.9. The van der Waals surface area contributed by atoms with Crippen LogP contribution < -0.4 is 0 Å². The predicted octanol–water partition coefficient (Wildman–Crippen LogP) is 26.2. The number of aryl methyl sites for hydroxylation is 2. The summed E-state index contributed by atoms with van der Waals surface area (Å²) in [5.41, 5.74) is 38.2. The van der Waals surface area contributed by atoms with Crippen LogP contribution in [0.25, 0.3) is 111 Å². The molecule has 3 fully saturated rings. The van der Waals surface area contributed by atoms with E-state index in [0.29, 0.717) is 29.6 Å². The maximum atomic E-state index is 6.21. The molecule has 4 aromatic heterocycles. The summed E-state index contributed by atoms with van der Waals surface area (Å²) >= 11 is 0. The van der Waals surface area contributed by atoms with Crippen molar-refractivity contribution in [1.82, 2.24) is 15.0 Å². The van der Waals surface area contributed by atoms with Gasteiger partial charge in [0.25, 0.3) is 0 Å². The monoisotopic (exact) mass is 1300 g/mol. The molecule has 0 amide bonds. The highest BCUT2D eigenvalue weighted by molar-refractivity contribution is 6.06. The van der Waals surface area contributed by atoms with Gasteiger partial charge < -0.3 is 4.42 Å². The molecule has 3 saturated carbocycles. The summed E-state index contributed by atoms with van der Waals surface area (Å²) in [4.78, 5) is 16.1. The summed E-state index contributed by atoms with van der Waals surface area (Å²) in [5.74, 6) is 4.07. The molecule has 498 valence electrons. The molecule has 0 spiro atoms. The van der Waals surface area contributed by atoms with Crippen LogP contribution in [0.2, 0.25) is 0 Å². The van der Waals surface area contributed by atoms with Crippen molar-refractivity contribution in [3.63, 3.8) is 0 Å². The topological polar surface area (TPSA) is 51.8 Å². The fraction of sp³-hybridized carbons (Fsp3) is 0.344. The molecule has 0 N–H and O–H groups in total. The maximum absolute atomic E-state index is 6.21. The zero-order valence-corrected chi connectivity index (χ0v) is 60.9. The summed E-state index contributed by atoms with van der Waals surface area (Å²) in [6.07, 6.45) is 11.8. The van der Waals surface area contributed by atoms with E-state index >= 15 is 0 Å². The fourth-order valence-corrected chi connectivity index (χ4v) is 21.4. The molecule has 4 heteroatoms. The molecular weight excluding hydrogens is 1210 g/mol. The van der Waals surface area contributed by atoms with Crippen molar-refractivity contribution in [1.29, 1.82) is 0 Å². The van der Waals surface area contributed by atoms with Gasteiger partial charge >= 0.3 is 0 Å².